The van der Waals surface area contributed by atoms with Gasteiger partial charge in [-0.2, -0.15) is 0 Å². The van der Waals surface area contributed by atoms with Crippen LogP contribution in [-0.4, -0.2) is 21.8 Å². The van der Waals surface area contributed by atoms with Crippen LogP contribution in [-0.2, 0) is 24.4 Å². The normalized spacial score (nSPS) is 10.9. The van der Waals surface area contributed by atoms with E-state index in [2.05, 4.69) is 4.98 Å². The second kappa shape index (κ2) is 9.51. The Morgan fingerprint density at radius 1 is 1.11 bits per heavy atom. The minimum Gasteiger partial charge on any atom is -0.486 e. The van der Waals surface area contributed by atoms with Gasteiger partial charge < -0.3 is 9.64 Å². The maximum atomic E-state index is 12.8. The quantitative estimate of drug-likeness (QED) is 0.539. The van der Waals surface area contributed by atoms with Gasteiger partial charge in [-0.15, -0.1) is 11.3 Å². The van der Waals surface area contributed by atoms with Gasteiger partial charge in [0.05, 0.1) is 18.7 Å². The standard InChI is InChI=1S/C23H26N2O2S/c1-17(2)25(23(26)13-19-10-5-4-6-11-19)14-20-16-28-22(24-20)15-27-21-12-8-7-9-18(21)3/h4-12,16-17H,13-15H2,1-3H3. The van der Waals surface area contributed by atoms with Gasteiger partial charge in [-0.05, 0) is 38.0 Å². The Bertz CT molecular complexity index is 906. The zero-order chi connectivity index (χ0) is 19.9. The lowest BCUT2D eigenvalue weighted by Crippen LogP contribution is -2.37. The first-order chi connectivity index (χ1) is 13.5. The predicted octanol–water partition coefficient (Wildman–Crippen LogP) is 5.01. The smallest absolute Gasteiger partial charge is 0.227 e. The van der Waals surface area contributed by atoms with Crippen LogP contribution in [0.25, 0.3) is 0 Å². The zero-order valence-corrected chi connectivity index (χ0v) is 17.4. The molecule has 0 aliphatic carbocycles. The highest BCUT2D eigenvalue weighted by molar-refractivity contribution is 7.09. The molecule has 0 bridgehead atoms. The Morgan fingerprint density at radius 2 is 1.82 bits per heavy atom. The number of aromatic nitrogens is 1. The number of hydrogen-bond acceptors (Lipinski definition) is 4. The number of para-hydroxylation sites is 1. The summed E-state index contributed by atoms with van der Waals surface area (Å²) in [7, 11) is 0. The topological polar surface area (TPSA) is 42.4 Å². The molecule has 5 heteroatoms. The largest absolute Gasteiger partial charge is 0.486 e. The average Bonchev–Trinajstić information content (AvgIpc) is 3.13. The van der Waals surface area contributed by atoms with E-state index in [-0.39, 0.29) is 11.9 Å². The third kappa shape index (κ3) is 5.42. The highest BCUT2D eigenvalue weighted by atomic mass is 32.1. The van der Waals surface area contributed by atoms with Gasteiger partial charge in [0.1, 0.15) is 17.4 Å². The third-order valence-electron chi connectivity index (χ3n) is 4.52. The summed E-state index contributed by atoms with van der Waals surface area (Å²) in [6.45, 7) is 7.07. The maximum absolute atomic E-state index is 12.8. The Kier molecular flexibility index (Phi) is 6.82. The molecule has 1 amide bonds. The molecule has 0 unspecified atom stereocenters. The van der Waals surface area contributed by atoms with Crippen molar-refractivity contribution in [1.29, 1.82) is 0 Å². The molecule has 28 heavy (non-hydrogen) atoms. The molecular weight excluding hydrogens is 368 g/mol. The van der Waals surface area contributed by atoms with E-state index in [1.54, 1.807) is 11.3 Å². The SMILES string of the molecule is Cc1ccccc1OCc1nc(CN(C(=O)Cc2ccccc2)C(C)C)cs1. The number of ether oxygens (including phenoxy) is 1. The van der Waals surface area contributed by atoms with Crippen LogP contribution in [0.5, 0.6) is 5.75 Å². The van der Waals surface area contributed by atoms with Crippen LogP contribution in [0.2, 0.25) is 0 Å². The van der Waals surface area contributed by atoms with Gasteiger partial charge in [0.15, 0.2) is 0 Å². The Balaban J connectivity index is 1.61. The second-order valence-electron chi connectivity index (χ2n) is 7.06. The molecule has 0 atom stereocenters. The van der Waals surface area contributed by atoms with Crippen LogP contribution in [0.15, 0.2) is 60.0 Å². The van der Waals surface area contributed by atoms with E-state index in [9.17, 15) is 4.79 Å². The number of amides is 1. The number of carbonyl (C=O) groups is 1. The van der Waals surface area contributed by atoms with E-state index >= 15 is 0 Å². The lowest BCUT2D eigenvalue weighted by Gasteiger charge is -2.26. The van der Waals surface area contributed by atoms with E-state index in [4.69, 9.17) is 4.74 Å². The Labute approximate surface area is 170 Å². The molecule has 0 aliphatic rings. The molecule has 1 heterocycles. The van der Waals surface area contributed by atoms with Crippen molar-refractivity contribution in [2.45, 2.75) is 46.4 Å². The summed E-state index contributed by atoms with van der Waals surface area (Å²) < 4.78 is 5.88. The lowest BCUT2D eigenvalue weighted by molar-refractivity contribution is -0.132. The van der Waals surface area contributed by atoms with Gasteiger partial charge in [-0.1, -0.05) is 48.5 Å². The van der Waals surface area contributed by atoms with Crippen molar-refractivity contribution in [3.8, 4) is 5.75 Å². The van der Waals surface area contributed by atoms with E-state index < -0.39 is 0 Å². The van der Waals surface area contributed by atoms with Crippen molar-refractivity contribution in [2.24, 2.45) is 0 Å². The summed E-state index contributed by atoms with van der Waals surface area (Å²) in [5, 5.41) is 2.93. The second-order valence-corrected chi connectivity index (χ2v) is 8.01. The summed E-state index contributed by atoms with van der Waals surface area (Å²) in [5.41, 5.74) is 3.05. The predicted molar refractivity (Wildman–Crippen MR) is 113 cm³/mol. The number of hydrogen-bond donors (Lipinski definition) is 0. The summed E-state index contributed by atoms with van der Waals surface area (Å²) in [6.07, 6.45) is 0.409. The van der Waals surface area contributed by atoms with Crippen LogP contribution >= 0.6 is 11.3 Å². The van der Waals surface area contributed by atoms with E-state index in [1.807, 2.05) is 85.6 Å². The van der Waals surface area contributed by atoms with E-state index in [0.717, 1.165) is 27.6 Å². The first kappa shape index (κ1) is 20.1. The molecule has 3 aromatic rings. The first-order valence-corrected chi connectivity index (χ1v) is 10.4. The fraction of sp³-hybridized carbons (Fsp3) is 0.304. The Hall–Kier alpha value is -2.66. The van der Waals surface area contributed by atoms with Gasteiger partial charge in [-0.3, -0.25) is 4.79 Å². The van der Waals surface area contributed by atoms with Gasteiger partial charge in [-0.25, -0.2) is 4.98 Å². The van der Waals surface area contributed by atoms with E-state index in [1.165, 1.54) is 0 Å². The summed E-state index contributed by atoms with van der Waals surface area (Å²) in [4.78, 5) is 19.3. The fourth-order valence-electron chi connectivity index (χ4n) is 2.95. The minimum atomic E-state index is 0.115. The lowest BCUT2D eigenvalue weighted by atomic mass is 10.1. The number of rotatable bonds is 8. The average molecular weight is 395 g/mol. The molecule has 1 aromatic heterocycles. The Morgan fingerprint density at radius 3 is 2.54 bits per heavy atom. The van der Waals surface area contributed by atoms with Crippen molar-refractivity contribution >= 4 is 17.2 Å². The maximum Gasteiger partial charge on any atom is 0.227 e. The first-order valence-electron chi connectivity index (χ1n) is 9.48. The molecule has 0 saturated carbocycles. The number of aryl methyl sites for hydroxylation is 1. The van der Waals surface area contributed by atoms with Crippen molar-refractivity contribution < 1.29 is 9.53 Å². The van der Waals surface area contributed by atoms with Crippen LogP contribution in [0.1, 0.15) is 35.7 Å². The molecule has 0 N–H and O–H groups in total. The number of nitrogens with zero attached hydrogens (tertiary/aromatic N) is 2. The van der Waals surface area contributed by atoms with Crippen molar-refractivity contribution in [1.82, 2.24) is 9.88 Å². The number of benzene rings is 2. The molecular formula is C23H26N2O2S. The summed E-state index contributed by atoms with van der Waals surface area (Å²) in [5.74, 6) is 0.994. The summed E-state index contributed by atoms with van der Waals surface area (Å²) >= 11 is 1.57. The molecule has 0 saturated heterocycles. The molecule has 0 fully saturated rings. The van der Waals surface area contributed by atoms with Gasteiger partial charge in [0.25, 0.3) is 0 Å². The van der Waals surface area contributed by atoms with Crippen molar-refractivity contribution in [2.75, 3.05) is 0 Å². The summed E-state index contributed by atoms with van der Waals surface area (Å²) in [6, 6.07) is 17.9. The molecule has 0 aliphatic heterocycles. The van der Waals surface area contributed by atoms with Crippen molar-refractivity contribution in [3.63, 3.8) is 0 Å². The van der Waals surface area contributed by atoms with Gasteiger partial charge in [0, 0.05) is 11.4 Å². The van der Waals surface area contributed by atoms with Crippen molar-refractivity contribution in [3.05, 3.63) is 81.8 Å². The van der Waals surface area contributed by atoms with Gasteiger partial charge >= 0.3 is 0 Å². The highest BCUT2D eigenvalue weighted by Crippen LogP contribution is 2.20. The van der Waals surface area contributed by atoms with Crippen LogP contribution in [0.4, 0.5) is 0 Å². The zero-order valence-electron chi connectivity index (χ0n) is 16.6. The highest BCUT2D eigenvalue weighted by Gasteiger charge is 2.19. The molecule has 2 aromatic carbocycles. The monoisotopic (exact) mass is 394 g/mol. The molecule has 3 rings (SSSR count). The molecule has 0 radical (unpaired) electrons. The van der Waals surface area contributed by atoms with Crippen LogP contribution in [0, 0.1) is 6.92 Å². The third-order valence-corrected chi connectivity index (χ3v) is 5.39. The van der Waals surface area contributed by atoms with Gasteiger partial charge in [0.2, 0.25) is 5.91 Å². The number of thiazole rings is 1. The van der Waals surface area contributed by atoms with E-state index in [0.29, 0.717) is 19.6 Å². The molecule has 0 spiro atoms. The molecule has 4 nitrogen and oxygen atoms in total. The molecule has 146 valence electrons. The number of carbonyl (C=O) groups excluding carboxylic acids is 1. The fourth-order valence-corrected chi connectivity index (χ4v) is 3.65. The van der Waals surface area contributed by atoms with Crippen LogP contribution in [0.3, 0.4) is 0 Å². The van der Waals surface area contributed by atoms with Crippen LogP contribution < -0.4 is 4.74 Å². The minimum absolute atomic E-state index is 0.115.